The number of ether oxygens (including phenoxy) is 1. The number of piperidine rings is 1. The van der Waals surface area contributed by atoms with Crippen molar-refractivity contribution in [2.45, 2.75) is 38.6 Å². The maximum absolute atomic E-state index is 12.3. The van der Waals surface area contributed by atoms with Crippen molar-refractivity contribution in [2.75, 3.05) is 33.8 Å². The van der Waals surface area contributed by atoms with Crippen molar-refractivity contribution in [3.63, 3.8) is 0 Å². The number of nitrogens with zero attached hydrogens (tertiary/aromatic N) is 2. The van der Waals surface area contributed by atoms with Crippen LogP contribution in [0.3, 0.4) is 0 Å². The lowest BCUT2D eigenvalue weighted by atomic mass is 10.0. The van der Waals surface area contributed by atoms with Gasteiger partial charge < -0.3 is 14.5 Å². The van der Waals surface area contributed by atoms with E-state index in [1.807, 2.05) is 37.1 Å². The Bertz CT molecular complexity index is 528. The average Bonchev–Trinajstić information content (AvgIpc) is 2.53. The van der Waals surface area contributed by atoms with Gasteiger partial charge in [-0.3, -0.25) is 4.79 Å². The standard InChI is InChI=1S/C18H27ClN2O2/c1-14-13-15(19)6-7-17(14)23-12-4-5-18(22)21(3)16-8-10-20(2)11-9-16/h6-7,13,16H,4-5,8-12H2,1-3H3. The maximum atomic E-state index is 12.3. The summed E-state index contributed by atoms with van der Waals surface area (Å²) in [6.45, 7) is 4.66. The zero-order valence-electron chi connectivity index (χ0n) is 14.3. The molecular weight excluding hydrogens is 312 g/mol. The minimum Gasteiger partial charge on any atom is -0.493 e. The number of hydrogen-bond acceptors (Lipinski definition) is 3. The Hall–Kier alpha value is -1.26. The third kappa shape index (κ3) is 5.40. The molecule has 0 saturated carbocycles. The fourth-order valence-electron chi connectivity index (χ4n) is 2.94. The van der Waals surface area contributed by atoms with Crippen LogP contribution < -0.4 is 4.74 Å². The molecule has 1 aliphatic rings. The molecule has 1 aliphatic heterocycles. The number of benzene rings is 1. The highest BCUT2D eigenvalue weighted by Gasteiger charge is 2.23. The van der Waals surface area contributed by atoms with Gasteiger partial charge in [0, 0.05) is 24.5 Å². The molecule has 0 spiro atoms. The van der Waals surface area contributed by atoms with E-state index in [1.54, 1.807) is 0 Å². The molecule has 1 aromatic carbocycles. The van der Waals surface area contributed by atoms with E-state index in [2.05, 4.69) is 11.9 Å². The molecule has 0 bridgehead atoms. The zero-order valence-corrected chi connectivity index (χ0v) is 15.1. The maximum Gasteiger partial charge on any atom is 0.222 e. The van der Waals surface area contributed by atoms with E-state index in [1.165, 1.54) is 0 Å². The molecule has 0 unspecified atom stereocenters. The van der Waals surface area contributed by atoms with Gasteiger partial charge in [-0.05, 0) is 70.1 Å². The molecule has 1 saturated heterocycles. The minimum atomic E-state index is 0.219. The fourth-order valence-corrected chi connectivity index (χ4v) is 3.17. The molecule has 0 radical (unpaired) electrons. The fraction of sp³-hybridized carbons (Fsp3) is 0.611. The molecular formula is C18H27ClN2O2. The van der Waals surface area contributed by atoms with Crippen LogP contribution in [0.2, 0.25) is 5.02 Å². The Balaban J connectivity index is 1.70. The van der Waals surface area contributed by atoms with Crippen molar-refractivity contribution in [1.82, 2.24) is 9.80 Å². The molecule has 0 aliphatic carbocycles. The first-order chi connectivity index (χ1) is 11.0. The lowest BCUT2D eigenvalue weighted by Crippen LogP contribution is -2.44. The Labute approximate surface area is 144 Å². The van der Waals surface area contributed by atoms with Crippen molar-refractivity contribution in [3.8, 4) is 5.75 Å². The molecule has 1 amide bonds. The highest BCUT2D eigenvalue weighted by Crippen LogP contribution is 2.22. The minimum absolute atomic E-state index is 0.219. The van der Waals surface area contributed by atoms with Gasteiger partial charge in [-0.1, -0.05) is 11.6 Å². The van der Waals surface area contributed by atoms with Gasteiger partial charge in [-0.25, -0.2) is 0 Å². The van der Waals surface area contributed by atoms with E-state index in [4.69, 9.17) is 16.3 Å². The van der Waals surface area contributed by atoms with Crippen LogP contribution in [0.15, 0.2) is 18.2 Å². The summed E-state index contributed by atoms with van der Waals surface area (Å²) in [6.07, 6.45) is 3.41. The summed E-state index contributed by atoms with van der Waals surface area (Å²) >= 11 is 5.93. The monoisotopic (exact) mass is 338 g/mol. The molecule has 5 heteroatoms. The predicted molar refractivity (Wildman–Crippen MR) is 94.2 cm³/mol. The van der Waals surface area contributed by atoms with E-state index in [0.717, 1.165) is 43.7 Å². The van der Waals surface area contributed by atoms with Crippen LogP contribution in [0.25, 0.3) is 0 Å². The van der Waals surface area contributed by atoms with Gasteiger partial charge in [0.1, 0.15) is 5.75 Å². The van der Waals surface area contributed by atoms with Crippen LogP contribution in [0, 0.1) is 6.92 Å². The number of carbonyl (C=O) groups is 1. The summed E-state index contributed by atoms with van der Waals surface area (Å²) in [5.74, 6) is 1.06. The Kier molecular flexibility index (Phi) is 6.72. The summed E-state index contributed by atoms with van der Waals surface area (Å²) in [7, 11) is 4.07. The smallest absolute Gasteiger partial charge is 0.222 e. The molecule has 1 fully saturated rings. The van der Waals surface area contributed by atoms with Gasteiger partial charge in [0.25, 0.3) is 0 Å². The third-order valence-electron chi connectivity index (χ3n) is 4.56. The summed E-state index contributed by atoms with van der Waals surface area (Å²) in [5.41, 5.74) is 1.02. The van der Waals surface area contributed by atoms with Crippen LogP contribution >= 0.6 is 11.6 Å². The molecule has 128 valence electrons. The summed E-state index contributed by atoms with van der Waals surface area (Å²) in [6, 6.07) is 5.97. The number of rotatable bonds is 6. The molecule has 0 N–H and O–H groups in total. The summed E-state index contributed by atoms with van der Waals surface area (Å²) in [4.78, 5) is 16.5. The zero-order chi connectivity index (χ0) is 16.8. The number of halogens is 1. The summed E-state index contributed by atoms with van der Waals surface area (Å²) < 4.78 is 5.75. The number of likely N-dealkylation sites (tertiary alicyclic amines) is 1. The molecule has 2 rings (SSSR count). The molecule has 1 aromatic rings. The van der Waals surface area contributed by atoms with Gasteiger partial charge in [-0.15, -0.1) is 0 Å². The quantitative estimate of drug-likeness (QED) is 0.746. The van der Waals surface area contributed by atoms with E-state index in [0.29, 0.717) is 24.1 Å². The van der Waals surface area contributed by atoms with Crippen molar-refractivity contribution in [1.29, 1.82) is 0 Å². The first kappa shape index (κ1) is 18.1. The van der Waals surface area contributed by atoms with Crippen LogP contribution in [0.4, 0.5) is 0 Å². The number of aryl methyl sites for hydroxylation is 1. The third-order valence-corrected chi connectivity index (χ3v) is 4.79. The molecule has 4 nitrogen and oxygen atoms in total. The second-order valence-electron chi connectivity index (χ2n) is 6.40. The Morgan fingerprint density at radius 3 is 2.74 bits per heavy atom. The first-order valence-electron chi connectivity index (χ1n) is 8.30. The van der Waals surface area contributed by atoms with Crippen LogP contribution in [-0.2, 0) is 4.79 Å². The highest BCUT2D eigenvalue weighted by molar-refractivity contribution is 6.30. The molecule has 1 heterocycles. The van der Waals surface area contributed by atoms with Crippen LogP contribution in [-0.4, -0.2) is 55.5 Å². The molecule has 0 aromatic heterocycles. The van der Waals surface area contributed by atoms with Crippen LogP contribution in [0.1, 0.15) is 31.2 Å². The van der Waals surface area contributed by atoms with E-state index >= 15 is 0 Å². The lowest BCUT2D eigenvalue weighted by molar-refractivity contribution is -0.133. The topological polar surface area (TPSA) is 32.8 Å². The highest BCUT2D eigenvalue weighted by atomic mass is 35.5. The van der Waals surface area contributed by atoms with E-state index in [-0.39, 0.29) is 5.91 Å². The van der Waals surface area contributed by atoms with Crippen molar-refractivity contribution < 1.29 is 9.53 Å². The second-order valence-corrected chi connectivity index (χ2v) is 6.84. The van der Waals surface area contributed by atoms with E-state index < -0.39 is 0 Å². The predicted octanol–water partition coefficient (Wildman–Crippen LogP) is 3.36. The van der Waals surface area contributed by atoms with Gasteiger partial charge in [0.2, 0.25) is 5.91 Å². The van der Waals surface area contributed by atoms with Crippen LogP contribution in [0.5, 0.6) is 5.75 Å². The van der Waals surface area contributed by atoms with E-state index in [9.17, 15) is 4.79 Å². The number of carbonyl (C=O) groups excluding carboxylic acids is 1. The normalized spacial score (nSPS) is 16.3. The SMILES string of the molecule is Cc1cc(Cl)ccc1OCCCC(=O)N(C)C1CCN(C)CC1. The Morgan fingerprint density at radius 1 is 1.39 bits per heavy atom. The van der Waals surface area contributed by atoms with Crippen molar-refractivity contribution in [3.05, 3.63) is 28.8 Å². The van der Waals surface area contributed by atoms with Gasteiger partial charge >= 0.3 is 0 Å². The largest absolute Gasteiger partial charge is 0.493 e. The average molecular weight is 339 g/mol. The number of hydrogen-bond donors (Lipinski definition) is 0. The van der Waals surface area contributed by atoms with Gasteiger partial charge in [-0.2, -0.15) is 0 Å². The summed E-state index contributed by atoms with van der Waals surface area (Å²) in [5, 5.41) is 0.713. The molecule has 23 heavy (non-hydrogen) atoms. The van der Waals surface area contributed by atoms with Gasteiger partial charge in [0.15, 0.2) is 0 Å². The van der Waals surface area contributed by atoms with Gasteiger partial charge in [0.05, 0.1) is 6.61 Å². The second kappa shape index (κ2) is 8.55. The first-order valence-corrected chi connectivity index (χ1v) is 8.68. The van der Waals surface area contributed by atoms with Crippen molar-refractivity contribution >= 4 is 17.5 Å². The Morgan fingerprint density at radius 2 is 2.09 bits per heavy atom. The number of amides is 1. The lowest BCUT2D eigenvalue weighted by Gasteiger charge is -2.35. The molecule has 0 atom stereocenters. The van der Waals surface area contributed by atoms with Crippen molar-refractivity contribution in [2.24, 2.45) is 0 Å².